The molecule has 2 heterocycles. The molecule has 0 aromatic carbocycles. The van der Waals surface area contributed by atoms with Crippen LogP contribution in [0, 0.1) is 5.41 Å². The highest BCUT2D eigenvalue weighted by molar-refractivity contribution is 5.82. The van der Waals surface area contributed by atoms with Crippen LogP contribution >= 0.6 is 0 Å². The number of amides is 1. The van der Waals surface area contributed by atoms with Crippen LogP contribution < -0.4 is 0 Å². The molecule has 0 bridgehead atoms. The number of likely N-dealkylation sites (tertiary alicyclic amines) is 1. The predicted octanol–water partition coefficient (Wildman–Crippen LogP) is 2.19. The molecule has 3 rings (SSSR count). The van der Waals surface area contributed by atoms with Crippen molar-refractivity contribution >= 4 is 11.9 Å². The number of rotatable bonds is 2. The number of nitrogens with zero attached hydrogens (tertiary/aromatic N) is 1. The number of carbonyl (C=O) groups is 2. The molecule has 1 amide bonds. The highest BCUT2D eigenvalue weighted by Gasteiger charge is 2.42. The highest BCUT2D eigenvalue weighted by Crippen LogP contribution is 2.43. The first kappa shape index (κ1) is 14.8. The first-order valence-corrected chi connectivity index (χ1v) is 8.27. The molecule has 1 saturated carbocycles. The van der Waals surface area contributed by atoms with Crippen molar-refractivity contribution in [3.05, 3.63) is 0 Å². The maximum absolute atomic E-state index is 12.6. The summed E-state index contributed by atoms with van der Waals surface area (Å²) in [6, 6.07) is 0. The monoisotopic (exact) mass is 295 g/mol. The van der Waals surface area contributed by atoms with Gasteiger partial charge in [0.15, 0.2) is 6.10 Å². The van der Waals surface area contributed by atoms with Gasteiger partial charge in [0.1, 0.15) is 6.10 Å². The Bertz CT molecular complexity index is 411. The molecule has 5 heteroatoms. The van der Waals surface area contributed by atoms with E-state index in [0.717, 1.165) is 19.5 Å². The van der Waals surface area contributed by atoms with E-state index in [2.05, 4.69) is 0 Å². The van der Waals surface area contributed by atoms with E-state index in [4.69, 9.17) is 9.84 Å². The maximum atomic E-state index is 12.6. The Morgan fingerprint density at radius 1 is 1.00 bits per heavy atom. The van der Waals surface area contributed by atoms with Crippen LogP contribution in [0.25, 0.3) is 0 Å². The second-order valence-electron chi connectivity index (χ2n) is 6.95. The standard InChI is InChI=1S/C16H25NO4/c18-14(12-5-6-13(21-12)15(19)20)17-10-4-9-16(11-17)7-2-1-3-8-16/h12-13H,1-11H2,(H,19,20)/t12-,13+/m0/s1. The number of carbonyl (C=O) groups excluding carboxylic acids is 1. The summed E-state index contributed by atoms with van der Waals surface area (Å²) in [6.07, 6.45) is 8.32. The van der Waals surface area contributed by atoms with Gasteiger partial charge in [0.2, 0.25) is 0 Å². The summed E-state index contributed by atoms with van der Waals surface area (Å²) in [7, 11) is 0. The molecule has 1 aliphatic carbocycles. The van der Waals surface area contributed by atoms with E-state index in [0.29, 0.717) is 18.3 Å². The van der Waals surface area contributed by atoms with Gasteiger partial charge in [-0.15, -0.1) is 0 Å². The lowest BCUT2D eigenvalue weighted by molar-refractivity contribution is -0.156. The fourth-order valence-electron chi connectivity index (χ4n) is 4.31. The molecule has 0 radical (unpaired) electrons. The summed E-state index contributed by atoms with van der Waals surface area (Å²) in [6.45, 7) is 1.65. The van der Waals surface area contributed by atoms with Crippen LogP contribution in [0.1, 0.15) is 57.8 Å². The third kappa shape index (κ3) is 3.07. The Morgan fingerprint density at radius 3 is 2.33 bits per heavy atom. The van der Waals surface area contributed by atoms with E-state index in [-0.39, 0.29) is 5.91 Å². The molecule has 0 aromatic rings. The first-order valence-electron chi connectivity index (χ1n) is 8.27. The van der Waals surface area contributed by atoms with Gasteiger partial charge >= 0.3 is 5.97 Å². The third-order valence-electron chi connectivity index (χ3n) is 5.46. The van der Waals surface area contributed by atoms with E-state index in [9.17, 15) is 9.59 Å². The normalized spacial score (nSPS) is 32.3. The number of piperidine rings is 1. The number of carboxylic acids is 1. The van der Waals surface area contributed by atoms with Gasteiger partial charge in [-0.25, -0.2) is 4.79 Å². The van der Waals surface area contributed by atoms with Gasteiger partial charge in [-0.2, -0.15) is 0 Å². The lowest BCUT2D eigenvalue weighted by atomic mass is 9.69. The van der Waals surface area contributed by atoms with Crippen molar-refractivity contribution in [2.24, 2.45) is 5.41 Å². The van der Waals surface area contributed by atoms with Gasteiger partial charge in [0.05, 0.1) is 0 Å². The van der Waals surface area contributed by atoms with Crippen molar-refractivity contribution < 1.29 is 19.4 Å². The minimum Gasteiger partial charge on any atom is -0.479 e. The lowest BCUT2D eigenvalue weighted by Gasteiger charge is -2.45. The van der Waals surface area contributed by atoms with Crippen LogP contribution in [0.4, 0.5) is 0 Å². The van der Waals surface area contributed by atoms with Gasteiger partial charge < -0.3 is 14.7 Å². The van der Waals surface area contributed by atoms with Crippen LogP contribution in [-0.2, 0) is 14.3 Å². The van der Waals surface area contributed by atoms with Crippen molar-refractivity contribution in [1.82, 2.24) is 4.90 Å². The molecule has 5 nitrogen and oxygen atoms in total. The Labute approximate surface area is 125 Å². The maximum Gasteiger partial charge on any atom is 0.332 e. The number of carboxylic acid groups (broad SMARTS) is 1. The molecule has 3 fully saturated rings. The molecule has 21 heavy (non-hydrogen) atoms. The number of aliphatic carboxylic acids is 1. The van der Waals surface area contributed by atoms with Gasteiger partial charge in [0.25, 0.3) is 5.91 Å². The van der Waals surface area contributed by atoms with Gasteiger partial charge in [0, 0.05) is 13.1 Å². The lowest BCUT2D eigenvalue weighted by Crippen LogP contribution is -2.50. The Hall–Kier alpha value is -1.10. The van der Waals surface area contributed by atoms with Crippen LogP contribution in [0.5, 0.6) is 0 Å². The summed E-state index contributed by atoms with van der Waals surface area (Å²) >= 11 is 0. The topological polar surface area (TPSA) is 66.8 Å². The number of ether oxygens (including phenoxy) is 1. The van der Waals surface area contributed by atoms with Crippen molar-refractivity contribution in [2.75, 3.05) is 13.1 Å². The minimum atomic E-state index is -0.951. The molecule has 3 aliphatic rings. The van der Waals surface area contributed by atoms with Crippen LogP contribution in [-0.4, -0.2) is 47.2 Å². The van der Waals surface area contributed by atoms with Crippen molar-refractivity contribution in [3.63, 3.8) is 0 Å². The average molecular weight is 295 g/mol. The molecule has 0 aromatic heterocycles. The van der Waals surface area contributed by atoms with Gasteiger partial charge in [-0.1, -0.05) is 19.3 Å². The molecule has 2 aliphatic heterocycles. The van der Waals surface area contributed by atoms with Crippen LogP contribution in [0.2, 0.25) is 0 Å². The number of hydrogen-bond acceptors (Lipinski definition) is 3. The summed E-state index contributed by atoms with van der Waals surface area (Å²) in [5.41, 5.74) is 0.330. The van der Waals surface area contributed by atoms with Crippen molar-refractivity contribution in [1.29, 1.82) is 0 Å². The smallest absolute Gasteiger partial charge is 0.332 e. The van der Waals surface area contributed by atoms with Gasteiger partial charge in [-0.05, 0) is 43.9 Å². The SMILES string of the molecule is O=C(O)[C@H]1CC[C@@H](C(=O)N2CCCC3(CCCCC3)C2)O1. The largest absolute Gasteiger partial charge is 0.479 e. The predicted molar refractivity (Wildman–Crippen MR) is 76.9 cm³/mol. The fourth-order valence-corrected chi connectivity index (χ4v) is 4.31. The zero-order valence-corrected chi connectivity index (χ0v) is 12.6. The molecule has 2 saturated heterocycles. The molecule has 1 N–H and O–H groups in total. The van der Waals surface area contributed by atoms with Crippen molar-refractivity contribution in [3.8, 4) is 0 Å². The quantitative estimate of drug-likeness (QED) is 0.848. The molecular formula is C16H25NO4. The molecule has 0 unspecified atom stereocenters. The Kier molecular flexibility index (Phi) is 4.20. The van der Waals surface area contributed by atoms with Crippen LogP contribution in [0.15, 0.2) is 0 Å². The zero-order chi connectivity index (χ0) is 14.9. The molecule has 2 atom stereocenters. The summed E-state index contributed by atoms with van der Waals surface area (Å²) in [5, 5.41) is 8.97. The molecule has 118 valence electrons. The highest BCUT2D eigenvalue weighted by atomic mass is 16.5. The van der Waals surface area contributed by atoms with Gasteiger partial charge in [-0.3, -0.25) is 4.79 Å². The minimum absolute atomic E-state index is 0.0170. The number of hydrogen-bond donors (Lipinski definition) is 1. The molecule has 1 spiro atoms. The van der Waals surface area contributed by atoms with Crippen molar-refractivity contribution in [2.45, 2.75) is 70.0 Å². The van der Waals surface area contributed by atoms with E-state index >= 15 is 0 Å². The second kappa shape index (κ2) is 5.95. The first-order chi connectivity index (χ1) is 10.1. The van der Waals surface area contributed by atoms with E-state index in [1.165, 1.54) is 38.5 Å². The van der Waals surface area contributed by atoms with E-state index in [1.54, 1.807) is 0 Å². The Morgan fingerprint density at radius 2 is 1.67 bits per heavy atom. The molecular weight excluding hydrogens is 270 g/mol. The second-order valence-corrected chi connectivity index (χ2v) is 6.95. The average Bonchev–Trinajstić information content (AvgIpc) is 2.97. The summed E-state index contributed by atoms with van der Waals surface area (Å²) < 4.78 is 5.42. The van der Waals surface area contributed by atoms with Crippen LogP contribution in [0.3, 0.4) is 0 Å². The zero-order valence-electron chi connectivity index (χ0n) is 12.6. The van der Waals surface area contributed by atoms with E-state index in [1.807, 2.05) is 4.90 Å². The summed E-state index contributed by atoms with van der Waals surface area (Å²) in [4.78, 5) is 25.5. The Balaban J connectivity index is 1.61. The fraction of sp³-hybridized carbons (Fsp3) is 0.875. The summed E-state index contributed by atoms with van der Waals surface area (Å²) in [5.74, 6) is -0.934. The third-order valence-corrected chi connectivity index (χ3v) is 5.46. The van der Waals surface area contributed by atoms with E-state index < -0.39 is 18.2 Å².